The van der Waals surface area contributed by atoms with Crippen molar-refractivity contribution in [3.63, 3.8) is 0 Å². The average molecular weight is 611 g/mol. The van der Waals surface area contributed by atoms with Gasteiger partial charge in [-0.3, -0.25) is 24.2 Å². The molecule has 1 saturated heterocycles. The number of hydrogen-bond donors (Lipinski definition) is 1. The van der Waals surface area contributed by atoms with Gasteiger partial charge in [0.1, 0.15) is 29.6 Å². The van der Waals surface area contributed by atoms with Crippen LogP contribution in [-0.2, 0) is 14.4 Å². The lowest BCUT2D eigenvalue weighted by atomic mass is 9.87. The van der Waals surface area contributed by atoms with Gasteiger partial charge in [0.05, 0.1) is 7.11 Å². The van der Waals surface area contributed by atoms with Gasteiger partial charge >= 0.3 is 0 Å². The first kappa shape index (κ1) is 31.3. The summed E-state index contributed by atoms with van der Waals surface area (Å²) in [4.78, 5) is 52.0. The Bertz CT molecular complexity index is 1570. The number of amides is 3. The molecule has 2 fully saturated rings. The van der Waals surface area contributed by atoms with Crippen molar-refractivity contribution in [2.75, 3.05) is 16.9 Å². The normalized spacial score (nSPS) is 18.1. The lowest BCUT2D eigenvalue weighted by Crippen LogP contribution is -2.56. The predicted octanol–water partition coefficient (Wildman–Crippen LogP) is 4.83. The first-order valence-corrected chi connectivity index (χ1v) is 13.4. The summed E-state index contributed by atoms with van der Waals surface area (Å²) < 4.78 is 32.6. The molecule has 1 aliphatic heterocycles. The molecule has 1 N–H and O–H groups in total. The second-order valence-electron chi connectivity index (χ2n) is 9.98. The summed E-state index contributed by atoms with van der Waals surface area (Å²) in [6, 6.07) is 12.7. The van der Waals surface area contributed by atoms with Crippen molar-refractivity contribution in [1.29, 1.82) is 5.26 Å². The zero-order valence-electron chi connectivity index (χ0n) is 22.3. The van der Waals surface area contributed by atoms with Gasteiger partial charge in [0.2, 0.25) is 17.8 Å². The van der Waals surface area contributed by atoms with Crippen LogP contribution in [0, 0.1) is 11.3 Å². The molecule has 2 aliphatic rings. The van der Waals surface area contributed by atoms with E-state index in [9.17, 15) is 28.4 Å². The topological polar surface area (TPSA) is 129 Å². The standard InChI is InChI=1S/C29H25ClF2N6O4.CH4/c1-42-20-6-4-5-19(13-20)37(27(41)23-9-10-24(39)38(23)28-34-12-11-17(16-33)36-28)25(21-7-2-3-8-22(21)30)26(40)35-18-14-29(31,32)15-18;/h2-8,11-13,18,23,25H,9-10,14-15H2,1H3,(H,35,40);1H4/t23-,25-;/m0./s1. The average Bonchev–Trinajstić information content (AvgIpc) is 3.36. The summed E-state index contributed by atoms with van der Waals surface area (Å²) in [5.41, 5.74) is 0.489. The molecule has 3 amide bonds. The van der Waals surface area contributed by atoms with Gasteiger partial charge in [-0.15, -0.1) is 0 Å². The van der Waals surface area contributed by atoms with Crippen molar-refractivity contribution in [2.45, 2.75) is 57.2 Å². The van der Waals surface area contributed by atoms with Crippen LogP contribution in [0.5, 0.6) is 5.75 Å². The Kier molecular flexibility index (Phi) is 9.25. The van der Waals surface area contributed by atoms with Crippen LogP contribution in [0.2, 0.25) is 5.02 Å². The number of aromatic nitrogens is 2. The van der Waals surface area contributed by atoms with E-state index in [2.05, 4.69) is 15.3 Å². The molecule has 1 aromatic heterocycles. The van der Waals surface area contributed by atoms with Gasteiger partial charge in [0.25, 0.3) is 11.8 Å². The van der Waals surface area contributed by atoms with E-state index in [0.29, 0.717) is 5.75 Å². The number of carbonyl (C=O) groups excluding carboxylic acids is 3. The number of alkyl halides is 2. The highest BCUT2D eigenvalue weighted by Crippen LogP contribution is 2.40. The van der Waals surface area contributed by atoms with Crippen molar-refractivity contribution in [1.82, 2.24) is 15.3 Å². The monoisotopic (exact) mass is 610 g/mol. The Morgan fingerprint density at radius 1 is 1.21 bits per heavy atom. The van der Waals surface area contributed by atoms with Crippen LogP contribution in [0.3, 0.4) is 0 Å². The summed E-state index contributed by atoms with van der Waals surface area (Å²) in [6.07, 6.45) is 0.311. The van der Waals surface area contributed by atoms with Crippen molar-refractivity contribution in [3.8, 4) is 11.8 Å². The maximum absolute atomic E-state index is 14.6. The number of nitrogens with one attached hydrogen (secondary N) is 1. The number of nitrogens with zero attached hydrogens (tertiary/aromatic N) is 5. The van der Waals surface area contributed by atoms with Crippen molar-refractivity contribution < 1.29 is 27.9 Å². The highest BCUT2D eigenvalue weighted by molar-refractivity contribution is 6.31. The van der Waals surface area contributed by atoms with Crippen LogP contribution in [0.4, 0.5) is 20.4 Å². The van der Waals surface area contributed by atoms with Gasteiger partial charge in [-0.05, 0) is 30.7 Å². The predicted molar refractivity (Wildman–Crippen MR) is 155 cm³/mol. The summed E-state index contributed by atoms with van der Waals surface area (Å²) in [7, 11) is 1.44. The van der Waals surface area contributed by atoms with E-state index in [1.54, 1.807) is 48.5 Å². The number of halogens is 3. The van der Waals surface area contributed by atoms with Crippen LogP contribution < -0.4 is 19.9 Å². The van der Waals surface area contributed by atoms with Crippen molar-refractivity contribution >= 4 is 41.0 Å². The fourth-order valence-corrected chi connectivity index (χ4v) is 5.40. The van der Waals surface area contributed by atoms with Crippen LogP contribution in [0.15, 0.2) is 60.8 Å². The second-order valence-corrected chi connectivity index (χ2v) is 10.4. The van der Waals surface area contributed by atoms with E-state index in [1.807, 2.05) is 6.07 Å². The molecule has 2 aromatic carbocycles. The molecule has 13 heteroatoms. The zero-order chi connectivity index (χ0) is 30.0. The Labute approximate surface area is 252 Å². The molecule has 224 valence electrons. The number of methoxy groups -OCH3 is 1. The summed E-state index contributed by atoms with van der Waals surface area (Å²) in [6.45, 7) is 0. The largest absolute Gasteiger partial charge is 0.497 e. The molecule has 0 radical (unpaired) electrons. The van der Waals surface area contributed by atoms with Crippen LogP contribution in [-0.4, -0.2) is 52.8 Å². The van der Waals surface area contributed by atoms with E-state index in [-0.39, 0.29) is 48.2 Å². The molecule has 1 aliphatic carbocycles. The Morgan fingerprint density at radius 3 is 2.63 bits per heavy atom. The number of anilines is 2. The molecule has 1 saturated carbocycles. The van der Waals surface area contributed by atoms with Gasteiger partial charge in [-0.2, -0.15) is 5.26 Å². The highest BCUT2D eigenvalue weighted by atomic mass is 35.5. The first-order valence-electron chi connectivity index (χ1n) is 13.1. The van der Waals surface area contributed by atoms with Crippen LogP contribution >= 0.6 is 11.6 Å². The number of ether oxygens (including phenoxy) is 1. The van der Waals surface area contributed by atoms with Crippen molar-refractivity contribution in [2.24, 2.45) is 0 Å². The van der Waals surface area contributed by atoms with E-state index in [4.69, 9.17) is 16.3 Å². The maximum Gasteiger partial charge on any atom is 0.252 e. The second kappa shape index (κ2) is 12.7. The van der Waals surface area contributed by atoms with Crippen molar-refractivity contribution in [3.05, 3.63) is 77.1 Å². The number of hydrogen-bond acceptors (Lipinski definition) is 7. The molecule has 43 heavy (non-hydrogen) atoms. The molecule has 2 heterocycles. The molecular weight excluding hydrogens is 582 g/mol. The number of rotatable bonds is 8. The quantitative estimate of drug-likeness (QED) is 0.387. The summed E-state index contributed by atoms with van der Waals surface area (Å²) in [5.74, 6) is -4.47. The fourth-order valence-electron chi connectivity index (χ4n) is 5.16. The molecular formula is C30H29ClF2N6O4. The zero-order valence-corrected chi connectivity index (χ0v) is 23.1. The van der Waals surface area contributed by atoms with E-state index >= 15 is 0 Å². The van der Waals surface area contributed by atoms with Gasteiger partial charge < -0.3 is 10.1 Å². The van der Waals surface area contributed by atoms with Gasteiger partial charge in [-0.1, -0.05) is 43.3 Å². The number of nitriles is 1. The SMILES string of the molecule is C.COc1cccc(N(C(=O)[C@@H]2CCC(=O)N2c2nccc(C#N)n2)[C@H](C(=O)NC2CC(F)(F)C2)c2ccccc2Cl)c1. The third-order valence-corrected chi connectivity index (χ3v) is 7.53. The third kappa shape index (κ3) is 6.41. The van der Waals surface area contributed by atoms with Gasteiger partial charge in [-0.25, -0.2) is 18.7 Å². The molecule has 0 spiro atoms. The lowest BCUT2D eigenvalue weighted by molar-refractivity contribution is -0.133. The molecule has 2 atom stereocenters. The van der Waals surface area contributed by atoms with Crippen LogP contribution in [0.1, 0.15) is 50.4 Å². The molecule has 5 rings (SSSR count). The Hall–Kier alpha value is -4.63. The van der Waals surface area contributed by atoms with E-state index < -0.39 is 54.6 Å². The minimum absolute atomic E-state index is 0. The molecule has 0 unspecified atom stereocenters. The number of benzene rings is 2. The summed E-state index contributed by atoms with van der Waals surface area (Å²) >= 11 is 6.55. The Balaban J connectivity index is 0.00000423. The summed E-state index contributed by atoms with van der Waals surface area (Å²) in [5, 5.41) is 12.1. The van der Waals surface area contributed by atoms with Gasteiger partial charge in [0, 0.05) is 53.8 Å². The third-order valence-electron chi connectivity index (χ3n) is 7.18. The molecule has 0 bridgehead atoms. The van der Waals surface area contributed by atoms with Crippen LogP contribution in [0.25, 0.3) is 0 Å². The van der Waals surface area contributed by atoms with E-state index in [0.717, 1.165) is 4.90 Å². The minimum Gasteiger partial charge on any atom is -0.497 e. The maximum atomic E-state index is 14.6. The molecule has 10 nitrogen and oxygen atoms in total. The highest BCUT2D eigenvalue weighted by Gasteiger charge is 2.48. The fraction of sp³-hybridized carbons (Fsp3) is 0.333. The van der Waals surface area contributed by atoms with Gasteiger partial charge in [0.15, 0.2) is 0 Å². The Morgan fingerprint density at radius 2 is 1.95 bits per heavy atom. The van der Waals surface area contributed by atoms with E-state index in [1.165, 1.54) is 24.3 Å². The minimum atomic E-state index is -2.89. The molecule has 3 aromatic rings. The smallest absolute Gasteiger partial charge is 0.252 e. The number of carbonyl (C=O) groups is 3. The first-order chi connectivity index (χ1) is 20.1. The lowest BCUT2D eigenvalue weighted by Gasteiger charge is -2.39.